The molecule has 0 spiro atoms. The van der Waals surface area contributed by atoms with Gasteiger partial charge in [0.1, 0.15) is 6.33 Å². The van der Waals surface area contributed by atoms with Gasteiger partial charge in [0, 0.05) is 6.20 Å². The van der Waals surface area contributed by atoms with Gasteiger partial charge in [-0.1, -0.05) is 6.07 Å². The fourth-order valence-electron chi connectivity index (χ4n) is 1.75. The molecule has 0 atom stereocenters. The molecule has 0 aliphatic carbocycles. The average molecular weight is 246 g/mol. The Morgan fingerprint density at radius 1 is 1.33 bits per heavy atom. The molecule has 0 radical (unpaired) electrons. The molecule has 5 heteroatoms. The third kappa shape index (κ3) is 2.34. The zero-order chi connectivity index (χ0) is 13.3. The molecule has 0 fully saturated rings. The van der Waals surface area contributed by atoms with Crippen LogP contribution in [0.4, 0.5) is 0 Å². The third-order valence-electron chi connectivity index (χ3n) is 2.81. The molecule has 2 aromatic heterocycles. The van der Waals surface area contributed by atoms with Crippen LogP contribution in [0.5, 0.6) is 0 Å². The number of aryl methyl sites for hydroxylation is 1. The van der Waals surface area contributed by atoms with E-state index in [1.165, 1.54) is 4.68 Å². The van der Waals surface area contributed by atoms with E-state index in [1.807, 2.05) is 39.8 Å². The van der Waals surface area contributed by atoms with E-state index in [2.05, 4.69) is 10.1 Å². The minimum Gasteiger partial charge on any atom is -0.275 e. The van der Waals surface area contributed by atoms with Crippen LogP contribution in [0.25, 0.3) is 0 Å². The van der Waals surface area contributed by atoms with Crippen molar-refractivity contribution < 1.29 is 0 Å². The van der Waals surface area contributed by atoms with Gasteiger partial charge < -0.3 is 0 Å². The highest BCUT2D eigenvalue weighted by atomic mass is 16.2. The van der Waals surface area contributed by atoms with Crippen LogP contribution in [0.3, 0.4) is 0 Å². The summed E-state index contributed by atoms with van der Waals surface area (Å²) in [6, 6.07) is 3.88. The molecule has 2 heterocycles. The molecule has 2 rings (SSSR count). The van der Waals surface area contributed by atoms with Gasteiger partial charge in [0.2, 0.25) is 0 Å². The lowest BCUT2D eigenvalue weighted by Gasteiger charge is -2.16. The Kier molecular flexibility index (Phi) is 3.07. The molecule has 0 unspecified atom stereocenters. The normalized spacial score (nSPS) is 11.8. The molecule has 0 aliphatic rings. The van der Waals surface area contributed by atoms with E-state index in [4.69, 9.17) is 0 Å². The van der Waals surface area contributed by atoms with E-state index in [0.29, 0.717) is 6.54 Å². The van der Waals surface area contributed by atoms with Crippen LogP contribution in [-0.2, 0) is 12.1 Å². The van der Waals surface area contributed by atoms with Crippen molar-refractivity contribution in [1.82, 2.24) is 19.3 Å². The molecule has 0 amide bonds. The van der Waals surface area contributed by atoms with Crippen LogP contribution in [0.1, 0.15) is 32.0 Å². The summed E-state index contributed by atoms with van der Waals surface area (Å²) < 4.78 is 3.08. The van der Waals surface area contributed by atoms with Gasteiger partial charge in [-0.3, -0.25) is 9.55 Å². The second kappa shape index (κ2) is 4.40. The summed E-state index contributed by atoms with van der Waals surface area (Å²) in [6.45, 7) is 8.32. The topological polar surface area (TPSA) is 52.7 Å². The van der Waals surface area contributed by atoms with Crippen LogP contribution in [0.15, 0.2) is 29.5 Å². The summed E-state index contributed by atoms with van der Waals surface area (Å²) in [4.78, 5) is 16.5. The highest BCUT2D eigenvalue weighted by Crippen LogP contribution is 2.09. The maximum atomic E-state index is 12.2. The molecule has 18 heavy (non-hydrogen) atoms. The second-order valence-electron chi connectivity index (χ2n) is 5.39. The van der Waals surface area contributed by atoms with Crippen molar-refractivity contribution in [2.45, 2.75) is 39.8 Å². The summed E-state index contributed by atoms with van der Waals surface area (Å²) >= 11 is 0. The van der Waals surface area contributed by atoms with Gasteiger partial charge in [-0.2, -0.15) is 5.10 Å². The van der Waals surface area contributed by atoms with Crippen LogP contribution in [-0.4, -0.2) is 19.3 Å². The number of hydrogen-bond donors (Lipinski definition) is 0. The first kappa shape index (κ1) is 12.5. The largest absolute Gasteiger partial charge is 0.346 e. The van der Waals surface area contributed by atoms with Gasteiger partial charge in [-0.25, -0.2) is 9.48 Å². The minimum absolute atomic E-state index is 0.104. The Morgan fingerprint density at radius 3 is 2.61 bits per heavy atom. The smallest absolute Gasteiger partial charge is 0.275 e. The molecule has 2 aromatic rings. The molecule has 0 saturated carbocycles. The predicted molar refractivity (Wildman–Crippen MR) is 69.6 cm³/mol. The first-order valence-electron chi connectivity index (χ1n) is 5.95. The van der Waals surface area contributed by atoms with Gasteiger partial charge in [0.15, 0.2) is 0 Å². The van der Waals surface area contributed by atoms with Crippen LogP contribution >= 0.6 is 0 Å². The first-order valence-corrected chi connectivity index (χ1v) is 5.95. The summed E-state index contributed by atoms with van der Waals surface area (Å²) in [5, 5.41) is 4.15. The molecule has 0 bridgehead atoms. The van der Waals surface area contributed by atoms with Crippen molar-refractivity contribution >= 4 is 0 Å². The molecule has 96 valence electrons. The zero-order valence-corrected chi connectivity index (χ0v) is 11.2. The maximum absolute atomic E-state index is 12.2. The van der Waals surface area contributed by atoms with Gasteiger partial charge in [-0.15, -0.1) is 0 Å². The lowest BCUT2D eigenvalue weighted by Crippen LogP contribution is -2.36. The molecule has 0 saturated heterocycles. The minimum atomic E-state index is -0.304. The number of hydrogen-bond acceptors (Lipinski definition) is 3. The lowest BCUT2D eigenvalue weighted by molar-refractivity contribution is 0.340. The van der Waals surface area contributed by atoms with Crippen molar-refractivity contribution in [3.05, 3.63) is 46.4 Å². The zero-order valence-electron chi connectivity index (χ0n) is 11.2. The highest BCUT2D eigenvalue weighted by Gasteiger charge is 2.18. The fraction of sp³-hybridized carbons (Fsp3) is 0.462. The van der Waals surface area contributed by atoms with E-state index >= 15 is 0 Å². The number of pyridine rings is 1. The molecule has 5 nitrogen and oxygen atoms in total. The van der Waals surface area contributed by atoms with Gasteiger partial charge in [0.25, 0.3) is 0 Å². The second-order valence-corrected chi connectivity index (χ2v) is 5.39. The average Bonchev–Trinajstić information content (AvgIpc) is 2.63. The molecular formula is C13H18N4O. The van der Waals surface area contributed by atoms with E-state index in [0.717, 1.165) is 11.3 Å². The Morgan fingerprint density at radius 2 is 2.06 bits per heavy atom. The van der Waals surface area contributed by atoms with E-state index in [1.54, 1.807) is 17.1 Å². The predicted octanol–water partition coefficient (Wildman–Crippen LogP) is 1.55. The van der Waals surface area contributed by atoms with Crippen LogP contribution in [0, 0.1) is 6.92 Å². The van der Waals surface area contributed by atoms with E-state index in [-0.39, 0.29) is 11.2 Å². The van der Waals surface area contributed by atoms with Crippen molar-refractivity contribution in [3.8, 4) is 0 Å². The van der Waals surface area contributed by atoms with Crippen molar-refractivity contribution in [2.24, 2.45) is 0 Å². The van der Waals surface area contributed by atoms with Crippen LogP contribution < -0.4 is 5.69 Å². The Balaban J connectivity index is 2.35. The van der Waals surface area contributed by atoms with E-state index in [9.17, 15) is 4.79 Å². The van der Waals surface area contributed by atoms with Crippen molar-refractivity contribution in [3.63, 3.8) is 0 Å². The number of rotatable bonds is 2. The molecule has 0 aromatic carbocycles. The third-order valence-corrected chi connectivity index (χ3v) is 2.81. The summed E-state index contributed by atoms with van der Waals surface area (Å²) in [5.41, 5.74) is 1.56. The number of aromatic nitrogens is 4. The van der Waals surface area contributed by atoms with Crippen LogP contribution in [0.2, 0.25) is 0 Å². The fourth-order valence-corrected chi connectivity index (χ4v) is 1.75. The Bertz CT molecular complexity index is 604. The van der Waals surface area contributed by atoms with Gasteiger partial charge >= 0.3 is 5.69 Å². The Hall–Kier alpha value is -1.91. The van der Waals surface area contributed by atoms with E-state index < -0.39 is 0 Å². The summed E-state index contributed by atoms with van der Waals surface area (Å²) in [6.07, 6.45) is 3.31. The van der Waals surface area contributed by atoms with Crippen molar-refractivity contribution in [1.29, 1.82) is 0 Å². The molecule has 0 N–H and O–H groups in total. The standard InChI is InChI=1S/C13H18N4O/c1-10-6-5-7-14-11(10)8-16-9-15-17(12(16)18)13(2,3)4/h5-7,9H,8H2,1-4H3. The SMILES string of the molecule is Cc1cccnc1Cn1cnn(C(C)(C)C)c1=O. The summed E-state index contributed by atoms with van der Waals surface area (Å²) in [7, 11) is 0. The van der Waals surface area contributed by atoms with Gasteiger partial charge in [0.05, 0.1) is 17.8 Å². The maximum Gasteiger partial charge on any atom is 0.346 e. The Labute approximate surface area is 106 Å². The van der Waals surface area contributed by atoms with Crippen molar-refractivity contribution in [2.75, 3.05) is 0 Å². The molecular weight excluding hydrogens is 228 g/mol. The highest BCUT2D eigenvalue weighted by molar-refractivity contribution is 5.17. The monoisotopic (exact) mass is 246 g/mol. The first-order chi connectivity index (χ1) is 8.39. The molecule has 0 aliphatic heterocycles. The lowest BCUT2D eigenvalue weighted by atomic mass is 10.1. The van der Waals surface area contributed by atoms with Gasteiger partial charge in [-0.05, 0) is 39.3 Å². The quantitative estimate of drug-likeness (QED) is 0.808. The summed E-state index contributed by atoms with van der Waals surface area (Å²) in [5.74, 6) is 0. The number of nitrogens with zero attached hydrogens (tertiary/aromatic N) is 4.